The zero-order valence-corrected chi connectivity index (χ0v) is 17.5. The fourth-order valence-electron chi connectivity index (χ4n) is 2.53. The molecule has 0 unspecified atom stereocenters. The molecule has 0 aliphatic carbocycles. The Labute approximate surface area is 174 Å². The van der Waals surface area contributed by atoms with Gasteiger partial charge in [0.15, 0.2) is 0 Å². The van der Waals surface area contributed by atoms with E-state index in [2.05, 4.69) is 0 Å². The number of sulfonamides is 1. The Balaban J connectivity index is 1.92. The number of amides is 1. The molecule has 0 fully saturated rings. The second-order valence-corrected chi connectivity index (χ2v) is 9.33. The molecule has 0 saturated carbocycles. The highest BCUT2D eigenvalue weighted by Gasteiger charge is 2.30. The van der Waals surface area contributed by atoms with E-state index in [1.54, 1.807) is 66.7 Å². The first-order valence-electron chi connectivity index (χ1n) is 8.46. The van der Waals surface area contributed by atoms with Gasteiger partial charge in [0.1, 0.15) is 0 Å². The summed E-state index contributed by atoms with van der Waals surface area (Å²) in [5.74, 6) is -0.547. The van der Waals surface area contributed by atoms with Crippen molar-refractivity contribution in [3.8, 4) is 0 Å². The summed E-state index contributed by atoms with van der Waals surface area (Å²) < 4.78 is 27.3. The molecule has 28 heavy (non-hydrogen) atoms. The van der Waals surface area contributed by atoms with Gasteiger partial charge in [-0.15, -0.1) is 11.8 Å². The Hall–Kier alpha value is -2.28. The molecule has 0 aliphatic heterocycles. The van der Waals surface area contributed by atoms with Gasteiger partial charge in [0, 0.05) is 9.92 Å². The number of aryl methyl sites for hydroxylation is 1. The van der Waals surface area contributed by atoms with Gasteiger partial charge in [0.25, 0.3) is 15.9 Å². The summed E-state index contributed by atoms with van der Waals surface area (Å²) in [6, 6.07) is 21.8. The standard InChI is InChI=1S/C21H18ClNO3S2/c1-16-7-11-18(12-8-16)23(28(25,26)20-5-3-2-4-6-20)21(24)15-27-19-13-9-17(22)10-14-19/h2-14H,15H2,1H3. The molecule has 0 bridgehead atoms. The molecule has 0 atom stereocenters. The summed E-state index contributed by atoms with van der Waals surface area (Å²) in [5.41, 5.74) is 1.29. The van der Waals surface area contributed by atoms with E-state index in [1.165, 1.54) is 23.9 Å². The van der Waals surface area contributed by atoms with Crippen LogP contribution in [0.3, 0.4) is 0 Å². The van der Waals surface area contributed by atoms with Gasteiger partial charge in [-0.2, -0.15) is 0 Å². The van der Waals surface area contributed by atoms with E-state index in [1.807, 2.05) is 6.92 Å². The van der Waals surface area contributed by atoms with Crippen LogP contribution >= 0.6 is 23.4 Å². The van der Waals surface area contributed by atoms with Crippen LogP contribution in [0.2, 0.25) is 5.02 Å². The number of anilines is 1. The van der Waals surface area contributed by atoms with Crippen molar-refractivity contribution in [2.24, 2.45) is 0 Å². The number of benzene rings is 3. The molecule has 0 spiro atoms. The lowest BCUT2D eigenvalue weighted by Crippen LogP contribution is -2.38. The predicted octanol–water partition coefficient (Wildman–Crippen LogP) is 5.16. The quantitative estimate of drug-likeness (QED) is 0.505. The van der Waals surface area contributed by atoms with Crippen molar-refractivity contribution >= 4 is 45.0 Å². The molecular weight excluding hydrogens is 414 g/mol. The predicted molar refractivity (Wildman–Crippen MR) is 114 cm³/mol. The summed E-state index contributed by atoms with van der Waals surface area (Å²) in [7, 11) is -4.03. The monoisotopic (exact) mass is 431 g/mol. The molecule has 0 N–H and O–H groups in total. The SMILES string of the molecule is Cc1ccc(N(C(=O)CSc2ccc(Cl)cc2)S(=O)(=O)c2ccccc2)cc1. The second kappa shape index (κ2) is 8.82. The third-order valence-corrected chi connectivity index (χ3v) is 6.96. The summed E-state index contributed by atoms with van der Waals surface area (Å²) in [5, 5.41) is 0.601. The summed E-state index contributed by atoms with van der Waals surface area (Å²) in [4.78, 5) is 13.9. The van der Waals surface area contributed by atoms with Gasteiger partial charge in [-0.05, 0) is 55.5 Å². The molecule has 1 amide bonds. The fourth-order valence-corrected chi connectivity index (χ4v) is 4.93. The summed E-state index contributed by atoms with van der Waals surface area (Å²) in [6.07, 6.45) is 0. The van der Waals surface area contributed by atoms with Gasteiger partial charge in [-0.3, -0.25) is 4.79 Å². The van der Waals surface area contributed by atoms with Gasteiger partial charge >= 0.3 is 0 Å². The van der Waals surface area contributed by atoms with Gasteiger partial charge in [0.2, 0.25) is 0 Å². The van der Waals surface area contributed by atoms with E-state index < -0.39 is 15.9 Å². The van der Waals surface area contributed by atoms with E-state index in [-0.39, 0.29) is 10.6 Å². The molecule has 0 radical (unpaired) electrons. The number of thioether (sulfide) groups is 1. The van der Waals surface area contributed by atoms with Crippen molar-refractivity contribution in [2.75, 3.05) is 10.1 Å². The van der Waals surface area contributed by atoms with Crippen LogP contribution in [0.25, 0.3) is 0 Å². The molecule has 3 aromatic rings. The normalized spacial score (nSPS) is 11.2. The molecule has 7 heteroatoms. The van der Waals surface area contributed by atoms with E-state index in [0.29, 0.717) is 10.7 Å². The first kappa shape index (κ1) is 20.5. The molecule has 4 nitrogen and oxygen atoms in total. The molecule has 3 aromatic carbocycles. The number of hydrogen-bond acceptors (Lipinski definition) is 4. The van der Waals surface area contributed by atoms with Crippen molar-refractivity contribution < 1.29 is 13.2 Å². The highest BCUT2D eigenvalue weighted by Crippen LogP contribution is 2.27. The minimum Gasteiger partial charge on any atom is -0.272 e. The van der Waals surface area contributed by atoms with Crippen LogP contribution in [0.5, 0.6) is 0 Å². The van der Waals surface area contributed by atoms with Crippen LogP contribution < -0.4 is 4.31 Å². The third kappa shape index (κ3) is 4.76. The molecule has 0 aromatic heterocycles. The number of rotatable bonds is 6. The van der Waals surface area contributed by atoms with E-state index in [0.717, 1.165) is 14.8 Å². The van der Waals surface area contributed by atoms with Crippen LogP contribution in [0.1, 0.15) is 5.56 Å². The number of nitrogens with zero attached hydrogens (tertiary/aromatic N) is 1. The van der Waals surface area contributed by atoms with Crippen molar-refractivity contribution in [3.63, 3.8) is 0 Å². The lowest BCUT2D eigenvalue weighted by Gasteiger charge is -2.23. The lowest BCUT2D eigenvalue weighted by atomic mass is 10.2. The molecule has 144 valence electrons. The third-order valence-electron chi connectivity index (χ3n) is 3.95. The van der Waals surface area contributed by atoms with Gasteiger partial charge in [-0.1, -0.05) is 47.5 Å². The van der Waals surface area contributed by atoms with E-state index >= 15 is 0 Å². The summed E-state index contributed by atoms with van der Waals surface area (Å²) in [6.45, 7) is 1.90. The Bertz CT molecular complexity index is 1050. The largest absolute Gasteiger partial charge is 0.272 e. The fraction of sp³-hybridized carbons (Fsp3) is 0.0952. The average molecular weight is 432 g/mol. The van der Waals surface area contributed by atoms with Gasteiger partial charge in [-0.25, -0.2) is 12.7 Å². The Kier molecular flexibility index (Phi) is 6.44. The average Bonchev–Trinajstić information content (AvgIpc) is 2.70. The molecule has 0 saturated heterocycles. The van der Waals surface area contributed by atoms with E-state index in [9.17, 15) is 13.2 Å². The highest BCUT2D eigenvalue weighted by molar-refractivity contribution is 8.00. The summed E-state index contributed by atoms with van der Waals surface area (Å²) >= 11 is 7.14. The number of carbonyl (C=O) groups excluding carboxylic acids is 1. The maximum absolute atomic E-state index is 13.2. The first-order chi connectivity index (χ1) is 13.4. The van der Waals surface area contributed by atoms with Gasteiger partial charge in [0.05, 0.1) is 16.3 Å². The Morgan fingerprint density at radius 3 is 2.14 bits per heavy atom. The minimum absolute atomic E-state index is 0.0262. The van der Waals surface area contributed by atoms with Crippen LogP contribution in [0.15, 0.2) is 88.7 Å². The smallest absolute Gasteiger partial charge is 0.270 e. The Morgan fingerprint density at radius 1 is 0.929 bits per heavy atom. The molecule has 0 aliphatic rings. The maximum atomic E-state index is 13.2. The zero-order chi connectivity index (χ0) is 20.1. The number of hydrogen-bond donors (Lipinski definition) is 0. The van der Waals surface area contributed by atoms with Crippen molar-refractivity contribution in [2.45, 2.75) is 16.7 Å². The lowest BCUT2D eigenvalue weighted by molar-refractivity contribution is -0.115. The Morgan fingerprint density at radius 2 is 1.54 bits per heavy atom. The number of carbonyl (C=O) groups is 1. The van der Waals surface area contributed by atoms with Crippen molar-refractivity contribution in [1.82, 2.24) is 0 Å². The van der Waals surface area contributed by atoms with Crippen LogP contribution in [0.4, 0.5) is 5.69 Å². The molecule has 3 rings (SSSR count). The van der Waals surface area contributed by atoms with Crippen molar-refractivity contribution in [3.05, 3.63) is 89.4 Å². The zero-order valence-electron chi connectivity index (χ0n) is 15.1. The maximum Gasteiger partial charge on any atom is 0.270 e. The van der Waals surface area contributed by atoms with Crippen LogP contribution in [0, 0.1) is 6.92 Å². The second-order valence-electron chi connectivity index (χ2n) is 6.05. The number of halogens is 1. The molecular formula is C21H18ClNO3S2. The van der Waals surface area contributed by atoms with Crippen molar-refractivity contribution in [1.29, 1.82) is 0 Å². The van der Waals surface area contributed by atoms with Gasteiger partial charge < -0.3 is 0 Å². The molecule has 0 heterocycles. The first-order valence-corrected chi connectivity index (χ1v) is 11.3. The highest BCUT2D eigenvalue weighted by atomic mass is 35.5. The topological polar surface area (TPSA) is 54.5 Å². The van der Waals surface area contributed by atoms with Crippen LogP contribution in [-0.4, -0.2) is 20.1 Å². The van der Waals surface area contributed by atoms with Crippen LogP contribution in [-0.2, 0) is 14.8 Å². The van der Waals surface area contributed by atoms with E-state index in [4.69, 9.17) is 11.6 Å². The minimum atomic E-state index is -4.03.